The van der Waals surface area contributed by atoms with E-state index < -0.39 is 53.2 Å². The zero-order valence-corrected chi connectivity index (χ0v) is 24.6. The zero-order valence-electron chi connectivity index (χ0n) is 24.6. The Labute approximate surface area is 259 Å². The van der Waals surface area contributed by atoms with Gasteiger partial charge in [0.2, 0.25) is 11.8 Å². The summed E-state index contributed by atoms with van der Waals surface area (Å²) in [5, 5.41) is 27.6. The van der Waals surface area contributed by atoms with Crippen molar-refractivity contribution in [3.8, 4) is 6.07 Å². The Morgan fingerprint density at radius 2 is 1.78 bits per heavy atom. The average Bonchev–Trinajstić information content (AvgIpc) is 3.96. The van der Waals surface area contributed by atoms with E-state index in [1.54, 1.807) is 12.3 Å². The summed E-state index contributed by atoms with van der Waals surface area (Å²) in [5.74, 6) is -4.45. The van der Waals surface area contributed by atoms with Crippen molar-refractivity contribution in [2.24, 2.45) is 16.7 Å². The predicted octanol–water partition coefficient (Wildman–Crippen LogP) is 5.48. The van der Waals surface area contributed by atoms with Gasteiger partial charge in [0.15, 0.2) is 11.3 Å². The maximum absolute atomic E-state index is 14.1. The Kier molecular flexibility index (Phi) is 7.09. The largest absolute Gasteiger partial charge is 0.395 e. The fourth-order valence-corrected chi connectivity index (χ4v) is 6.60. The molecule has 0 radical (unpaired) electrons. The molecule has 2 amide bonds. The lowest BCUT2D eigenvalue weighted by Gasteiger charge is -2.33. The third-order valence-electron chi connectivity index (χ3n) is 10.0. The highest BCUT2D eigenvalue weighted by molar-refractivity contribution is 5.93. The smallest absolute Gasteiger partial charge is 0.348 e. The van der Waals surface area contributed by atoms with E-state index in [0.717, 1.165) is 12.8 Å². The summed E-state index contributed by atoms with van der Waals surface area (Å²) in [7, 11) is 0. The summed E-state index contributed by atoms with van der Waals surface area (Å²) in [4.78, 5) is 30.9. The third-order valence-corrected chi connectivity index (χ3v) is 10.0. The fourth-order valence-electron chi connectivity index (χ4n) is 6.60. The minimum atomic E-state index is -4.50. The molecule has 3 heterocycles. The first-order valence-corrected chi connectivity index (χ1v) is 15.5. The lowest BCUT2D eigenvalue weighted by molar-refractivity contribution is -0.190. The van der Waals surface area contributed by atoms with Crippen LogP contribution in [0.15, 0.2) is 23.1 Å². The summed E-state index contributed by atoms with van der Waals surface area (Å²) < 4.78 is 75.0. The van der Waals surface area contributed by atoms with Gasteiger partial charge < -0.3 is 10.6 Å². The van der Waals surface area contributed by atoms with Crippen molar-refractivity contribution >= 4 is 17.5 Å². The molecular weight excluding hydrogens is 615 g/mol. The van der Waals surface area contributed by atoms with Crippen molar-refractivity contribution in [3.05, 3.63) is 41.1 Å². The van der Waals surface area contributed by atoms with Gasteiger partial charge in [0.05, 0.1) is 47.1 Å². The van der Waals surface area contributed by atoms with Crippen LogP contribution in [0, 0.1) is 28.1 Å². The molecule has 16 heteroatoms. The zero-order chi connectivity index (χ0) is 32.5. The van der Waals surface area contributed by atoms with Crippen LogP contribution in [-0.4, -0.2) is 48.8 Å². The van der Waals surface area contributed by atoms with Gasteiger partial charge in [-0.1, -0.05) is 5.16 Å². The third kappa shape index (κ3) is 5.68. The van der Waals surface area contributed by atoms with Crippen molar-refractivity contribution in [2.45, 2.75) is 101 Å². The Bertz CT molecular complexity index is 1710. The van der Waals surface area contributed by atoms with E-state index in [9.17, 15) is 36.8 Å². The van der Waals surface area contributed by atoms with Gasteiger partial charge in [0.25, 0.3) is 5.91 Å². The van der Waals surface area contributed by atoms with E-state index in [4.69, 9.17) is 4.63 Å². The molecule has 0 saturated heterocycles. The highest BCUT2D eigenvalue weighted by Crippen LogP contribution is 2.60. The SMILES string of the molecule is N#CC1([C@H](NC(=O)CC2(C(F)(F)F)CC2)c2cnn3cc([C@@H](NC(=O)c4nonc4C4CC4)C4CCC(F)(F)CC4)nc3c2)CC1. The standard InChI is InChI=1S/C30H31F5N8O3/c31-29(32)5-3-17(4-6-29)22(40-26(45)24-23(16-1-2-16)41-46-42-24)19-14-43-20(38-19)11-18(13-37-43)25(27(15-36)7-8-27)39-21(44)12-28(9-10-28)30(33,34)35/h11,13-14,16-17,22,25H,1-10,12H2,(H,39,44)(H,40,45)/t22-,25+/m0/s1. The minimum Gasteiger partial charge on any atom is -0.348 e. The molecule has 0 unspecified atom stereocenters. The van der Waals surface area contributed by atoms with E-state index in [-0.39, 0.29) is 61.7 Å². The number of hydrogen-bond acceptors (Lipinski definition) is 8. The molecule has 4 saturated carbocycles. The average molecular weight is 647 g/mol. The molecule has 0 aliphatic heterocycles. The number of nitrogens with zero attached hydrogens (tertiary/aromatic N) is 6. The topological polar surface area (TPSA) is 151 Å². The van der Waals surface area contributed by atoms with E-state index >= 15 is 0 Å². The minimum absolute atomic E-state index is 0.0427. The number of amides is 2. The lowest BCUT2D eigenvalue weighted by atomic mass is 9.81. The molecule has 0 bridgehead atoms. The highest BCUT2D eigenvalue weighted by Gasteiger charge is 2.64. The maximum Gasteiger partial charge on any atom is 0.395 e. The molecule has 0 aromatic carbocycles. The summed E-state index contributed by atoms with van der Waals surface area (Å²) in [5.41, 5.74) is -1.48. The molecule has 244 valence electrons. The number of imidazole rings is 1. The van der Waals surface area contributed by atoms with Gasteiger partial charge in [0.1, 0.15) is 5.69 Å². The summed E-state index contributed by atoms with van der Waals surface area (Å²) >= 11 is 0. The molecular formula is C30H31F5N8O3. The molecule has 2 atom stereocenters. The number of nitrogens with one attached hydrogen (secondary N) is 2. The Hall–Kier alpha value is -4.16. The second-order valence-corrected chi connectivity index (χ2v) is 13.4. The molecule has 4 aliphatic rings. The number of halogens is 5. The summed E-state index contributed by atoms with van der Waals surface area (Å²) in [6.07, 6.45) is -0.259. The first-order valence-electron chi connectivity index (χ1n) is 15.5. The van der Waals surface area contributed by atoms with Gasteiger partial charge in [-0.05, 0) is 74.1 Å². The number of nitriles is 1. The van der Waals surface area contributed by atoms with Crippen LogP contribution in [0.5, 0.6) is 0 Å². The van der Waals surface area contributed by atoms with Crippen LogP contribution in [0.4, 0.5) is 22.0 Å². The number of hydrogen-bond donors (Lipinski definition) is 2. The number of alkyl halides is 5. The van der Waals surface area contributed by atoms with Gasteiger partial charge >= 0.3 is 6.18 Å². The number of carbonyl (C=O) groups is 2. The number of rotatable bonds is 10. The first-order chi connectivity index (χ1) is 21.8. The van der Waals surface area contributed by atoms with Crippen molar-refractivity contribution in [1.29, 1.82) is 5.26 Å². The highest BCUT2D eigenvalue weighted by atomic mass is 19.4. The van der Waals surface area contributed by atoms with Crippen molar-refractivity contribution in [1.82, 2.24) is 35.5 Å². The van der Waals surface area contributed by atoms with Crippen LogP contribution in [0.2, 0.25) is 0 Å². The normalized spacial score (nSPS) is 22.9. The van der Waals surface area contributed by atoms with E-state index in [2.05, 4.69) is 37.1 Å². The first kappa shape index (κ1) is 30.5. The molecule has 0 spiro atoms. The van der Waals surface area contributed by atoms with E-state index in [1.165, 1.54) is 10.7 Å². The second-order valence-electron chi connectivity index (χ2n) is 13.4. The van der Waals surface area contributed by atoms with Gasteiger partial charge in [-0.3, -0.25) is 9.59 Å². The van der Waals surface area contributed by atoms with Gasteiger partial charge in [-0.15, -0.1) is 0 Å². The van der Waals surface area contributed by atoms with Crippen LogP contribution in [-0.2, 0) is 4.79 Å². The van der Waals surface area contributed by atoms with Crippen LogP contribution < -0.4 is 10.6 Å². The molecule has 3 aromatic heterocycles. The van der Waals surface area contributed by atoms with Gasteiger partial charge in [-0.2, -0.15) is 23.5 Å². The Balaban J connectivity index is 1.17. The maximum atomic E-state index is 14.1. The van der Waals surface area contributed by atoms with E-state index in [1.807, 2.05) is 0 Å². The molecule has 46 heavy (non-hydrogen) atoms. The number of aromatic nitrogens is 5. The van der Waals surface area contributed by atoms with Gasteiger partial charge in [-0.25, -0.2) is 22.9 Å². The quantitative estimate of drug-likeness (QED) is 0.275. The van der Waals surface area contributed by atoms with Crippen LogP contribution in [0.25, 0.3) is 5.65 Å². The van der Waals surface area contributed by atoms with Crippen molar-refractivity contribution in [2.75, 3.05) is 0 Å². The van der Waals surface area contributed by atoms with Crippen molar-refractivity contribution < 1.29 is 36.2 Å². The van der Waals surface area contributed by atoms with Crippen LogP contribution in [0.1, 0.15) is 116 Å². The molecule has 4 fully saturated rings. The Morgan fingerprint density at radius 1 is 1.07 bits per heavy atom. The van der Waals surface area contributed by atoms with Gasteiger partial charge in [0, 0.05) is 25.2 Å². The fraction of sp³-hybridized carbons (Fsp3) is 0.633. The lowest BCUT2D eigenvalue weighted by Crippen LogP contribution is -2.38. The molecule has 7 rings (SSSR count). The molecule has 2 N–H and O–H groups in total. The van der Waals surface area contributed by atoms with E-state index in [0.29, 0.717) is 29.8 Å². The summed E-state index contributed by atoms with van der Waals surface area (Å²) in [6, 6.07) is 2.12. The van der Waals surface area contributed by atoms with Crippen molar-refractivity contribution in [3.63, 3.8) is 0 Å². The summed E-state index contributed by atoms with van der Waals surface area (Å²) in [6.45, 7) is 0. The van der Waals surface area contributed by atoms with Crippen LogP contribution >= 0.6 is 0 Å². The molecule has 3 aromatic rings. The second kappa shape index (κ2) is 10.7. The number of carbonyl (C=O) groups excluding carboxylic acids is 2. The van der Waals surface area contributed by atoms with Crippen LogP contribution in [0.3, 0.4) is 0 Å². The number of fused-ring (bicyclic) bond motifs is 1. The Morgan fingerprint density at radius 3 is 2.39 bits per heavy atom. The predicted molar refractivity (Wildman–Crippen MR) is 147 cm³/mol. The monoisotopic (exact) mass is 646 g/mol. The molecule has 4 aliphatic carbocycles. The molecule has 11 nitrogen and oxygen atoms in total.